The summed E-state index contributed by atoms with van der Waals surface area (Å²) in [6.45, 7) is -2.66. The Bertz CT molecular complexity index is 821. The number of hydrogen-bond donors (Lipinski definition) is 0. The van der Waals surface area contributed by atoms with E-state index in [4.69, 9.17) is 18.4 Å². The van der Waals surface area contributed by atoms with E-state index in [9.17, 15) is 0 Å². The average molecular weight is 273 g/mol. The summed E-state index contributed by atoms with van der Waals surface area (Å²) in [5.74, 6) is -0.414. The number of pyridine rings is 1. The lowest BCUT2D eigenvalue weighted by Gasteiger charge is -2.04. The Labute approximate surface area is 125 Å². The average Bonchev–Trinajstić information content (AvgIpc) is 3.01. The molecule has 0 bridgehead atoms. The van der Waals surface area contributed by atoms with Crippen LogP contribution in [0.2, 0.25) is 0 Å². The first kappa shape index (κ1) is 5.25. The van der Waals surface area contributed by atoms with Gasteiger partial charge in [0.25, 0.3) is 5.88 Å². The van der Waals surface area contributed by atoms with Gasteiger partial charge in [0.1, 0.15) is 5.69 Å². The van der Waals surface area contributed by atoms with Gasteiger partial charge in [-0.25, -0.2) is 0 Å². The molecule has 0 aliphatic rings. The van der Waals surface area contributed by atoms with Crippen molar-refractivity contribution in [3.8, 4) is 17.1 Å². The molecule has 0 saturated carbocycles. The van der Waals surface area contributed by atoms with Crippen molar-refractivity contribution in [3.05, 3.63) is 24.5 Å². The molecule has 5 heteroatoms. The molecule has 0 atom stereocenters. The van der Waals surface area contributed by atoms with Gasteiger partial charge in [-0.05, 0) is 18.5 Å². The third-order valence-electron chi connectivity index (χ3n) is 1.84. The van der Waals surface area contributed by atoms with E-state index in [2.05, 4.69) is 13.7 Å². The van der Waals surface area contributed by atoms with E-state index < -0.39 is 37.9 Å². The van der Waals surface area contributed by atoms with Crippen molar-refractivity contribution in [3.63, 3.8) is 0 Å². The molecule has 0 unspecified atom stereocenters. The summed E-state index contributed by atoms with van der Waals surface area (Å²) >= 11 is 0.660. The highest BCUT2D eigenvalue weighted by atomic mass is 32.1. The van der Waals surface area contributed by atoms with Gasteiger partial charge in [0, 0.05) is 28.9 Å². The van der Waals surface area contributed by atoms with Crippen LogP contribution in [0.5, 0.6) is 5.88 Å². The van der Waals surface area contributed by atoms with Gasteiger partial charge < -0.3 is 4.74 Å². The van der Waals surface area contributed by atoms with Crippen LogP contribution in [-0.2, 0) is 0 Å². The molecule has 96 valence electrons. The number of rotatable bonds is 7. The fourth-order valence-corrected chi connectivity index (χ4v) is 1.62. The Morgan fingerprint density at radius 3 is 3.06 bits per heavy atom. The highest BCUT2D eigenvalue weighted by molar-refractivity contribution is 6.99. The molecule has 18 heavy (non-hydrogen) atoms. The van der Waals surface area contributed by atoms with E-state index in [-0.39, 0.29) is 5.69 Å². The summed E-state index contributed by atoms with van der Waals surface area (Å²) in [7, 11) is 0. The van der Waals surface area contributed by atoms with Crippen molar-refractivity contribution in [2.24, 2.45) is 0 Å². The zero-order valence-electron chi connectivity index (χ0n) is 19.5. The van der Waals surface area contributed by atoms with E-state index in [0.29, 0.717) is 17.3 Å². The van der Waals surface area contributed by atoms with Crippen LogP contribution in [0.1, 0.15) is 46.1 Å². The van der Waals surface area contributed by atoms with E-state index in [1.54, 1.807) is 12.1 Å². The highest BCUT2D eigenvalue weighted by Gasteiger charge is 2.11. The Kier molecular flexibility index (Phi) is 2.06. The highest BCUT2D eigenvalue weighted by Crippen LogP contribution is 2.26. The fraction of sp³-hybridized carbons (Fsp3) is 0.462. The standard InChI is InChI=1S/C13H17N3OS/c1-2-3-4-5-9-17-13-12(15-18-16-13)11-7-6-8-14-10-11/h6-8,10H,2-5,9H2,1H3/i2D2,3D2,4D2,5D2,9D2. The molecule has 2 aromatic heterocycles. The molecule has 0 saturated heterocycles. The molecule has 0 fully saturated rings. The normalized spacial score (nSPS) is 22.7. The van der Waals surface area contributed by atoms with Crippen molar-refractivity contribution in [1.29, 1.82) is 0 Å². The molecule has 2 heterocycles. The van der Waals surface area contributed by atoms with Crippen LogP contribution < -0.4 is 4.74 Å². The van der Waals surface area contributed by atoms with Crippen molar-refractivity contribution in [1.82, 2.24) is 13.7 Å². The van der Waals surface area contributed by atoms with Crippen LogP contribution >= 0.6 is 11.7 Å². The quantitative estimate of drug-likeness (QED) is 0.774. The van der Waals surface area contributed by atoms with Gasteiger partial charge in [0.2, 0.25) is 0 Å². The minimum absolute atomic E-state index is 0.0622. The molecule has 0 amide bonds. The van der Waals surface area contributed by atoms with Crippen molar-refractivity contribution in [2.75, 3.05) is 6.56 Å². The minimum Gasteiger partial charge on any atom is -0.475 e. The molecule has 0 spiro atoms. The SMILES string of the molecule is [2H]C([2H])(C)C([2H])([2H])C([2H])([2H])C([2H])([2H])C([2H])([2H])Oc1nsnc1-c1cccnc1. The first-order valence-corrected chi connectivity index (χ1v) is 5.71. The number of ether oxygens (including phenoxy) is 1. The lowest BCUT2D eigenvalue weighted by atomic mass is 10.2. The lowest BCUT2D eigenvalue weighted by molar-refractivity contribution is 0.297. The van der Waals surface area contributed by atoms with Gasteiger partial charge in [0.05, 0.1) is 21.0 Å². The summed E-state index contributed by atoms with van der Waals surface area (Å²) in [5, 5.41) is 0. The van der Waals surface area contributed by atoms with Crippen LogP contribution in [0.25, 0.3) is 11.3 Å². The maximum Gasteiger partial charge on any atom is 0.254 e. The zero-order valence-corrected chi connectivity index (χ0v) is 10.3. The molecular formula is C13H17N3OS. The number of nitrogens with zero attached hydrogens (tertiary/aromatic N) is 3. The van der Waals surface area contributed by atoms with E-state index in [1.807, 2.05) is 0 Å². The molecule has 2 rings (SSSR count). The van der Waals surface area contributed by atoms with Gasteiger partial charge in [0.15, 0.2) is 0 Å². The van der Waals surface area contributed by atoms with Crippen LogP contribution in [0.3, 0.4) is 0 Å². The summed E-state index contributed by atoms with van der Waals surface area (Å²) in [5.41, 5.74) is 0.470. The predicted octanol–water partition coefficient (Wildman–Crippen LogP) is 3.56. The Morgan fingerprint density at radius 2 is 2.28 bits per heavy atom. The van der Waals surface area contributed by atoms with Crippen LogP contribution in [-0.4, -0.2) is 20.3 Å². The molecule has 2 aromatic rings. The number of aromatic nitrogens is 3. The maximum atomic E-state index is 7.97. The predicted molar refractivity (Wildman–Crippen MR) is 72.8 cm³/mol. The fourth-order valence-electron chi connectivity index (χ4n) is 1.12. The minimum atomic E-state index is -3.61. The molecule has 0 aliphatic heterocycles. The molecular weight excluding hydrogens is 246 g/mol. The third kappa shape index (κ3) is 3.50. The second-order valence-corrected chi connectivity index (χ2v) is 3.52. The summed E-state index contributed by atoms with van der Waals surface area (Å²) in [4.78, 5) is 3.89. The summed E-state index contributed by atoms with van der Waals surface area (Å²) in [6, 6.07) is 3.17. The zero-order chi connectivity index (χ0) is 21.6. The molecule has 0 aliphatic carbocycles. The van der Waals surface area contributed by atoms with E-state index >= 15 is 0 Å². The Balaban J connectivity index is 2.43. The van der Waals surface area contributed by atoms with Crippen molar-refractivity contribution < 1.29 is 18.4 Å². The maximum absolute atomic E-state index is 7.97. The van der Waals surface area contributed by atoms with Crippen LogP contribution in [0.4, 0.5) is 0 Å². The van der Waals surface area contributed by atoms with Crippen LogP contribution in [0.15, 0.2) is 24.5 Å². The molecule has 0 aromatic carbocycles. The third-order valence-corrected chi connectivity index (χ3v) is 2.35. The summed E-state index contributed by atoms with van der Waals surface area (Å²) in [6.07, 6.45) is -10.5. The van der Waals surface area contributed by atoms with Gasteiger partial charge >= 0.3 is 0 Å². The van der Waals surface area contributed by atoms with Gasteiger partial charge in [-0.1, -0.05) is 26.0 Å². The molecule has 0 N–H and O–H groups in total. The van der Waals surface area contributed by atoms with Gasteiger partial charge in [-0.2, -0.15) is 4.37 Å². The van der Waals surface area contributed by atoms with E-state index in [0.717, 1.165) is 6.92 Å². The van der Waals surface area contributed by atoms with Crippen molar-refractivity contribution in [2.45, 2.75) is 32.4 Å². The molecule has 4 nitrogen and oxygen atoms in total. The van der Waals surface area contributed by atoms with Crippen molar-refractivity contribution >= 4 is 11.7 Å². The largest absolute Gasteiger partial charge is 0.475 e. The first-order chi connectivity index (χ1) is 12.6. The molecule has 0 radical (unpaired) electrons. The Morgan fingerprint density at radius 1 is 1.33 bits per heavy atom. The monoisotopic (exact) mass is 273 g/mol. The van der Waals surface area contributed by atoms with E-state index in [1.165, 1.54) is 12.4 Å². The first-order valence-electron chi connectivity index (χ1n) is 9.98. The second kappa shape index (κ2) is 7.06. The summed E-state index contributed by atoms with van der Waals surface area (Å²) < 4.78 is 91.0. The second-order valence-electron chi connectivity index (χ2n) is 2.99. The number of hydrogen-bond acceptors (Lipinski definition) is 5. The topological polar surface area (TPSA) is 47.9 Å². The van der Waals surface area contributed by atoms with Gasteiger partial charge in [-0.3, -0.25) is 4.98 Å². The lowest BCUT2D eigenvalue weighted by Crippen LogP contribution is -1.98. The van der Waals surface area contributed by atoms with Crippen LogP contribution in [0, 0.1) is 0 Å². The Hall–Kier alpha value is -1.49. The smallest absolute Gasteiger partial charge is 0.254 e. The van der Waals surface area contributed by atoms with Gasteiger partial charge in [-0.15, -0.1) is 4.37 Å².